The molecule has 0 saturated carbocycles. The monoisotopic (exact) mass is 616 g/mol. The van der Waals surface area contributed by atoms with E-state index in [4.69, 9.17) is 4.42 Å². The van der Waals surface area contributed by atoms with Gasteiger partial charge in [0.2, 0.25) is 11.2 Å². The molecule has 0 amide bonds. The molecule has 7 nitrogen and oxygen atoms in total. The Morgan fingerprint density at radius 1 is 0.844 bits per heavy atom. The molecule has 0 fully saturated rings. The maximum Gasteiger partial charge on any atom is 0.238 e. The molecular formula is C23H29BrO7Sn. The Kier molecular flexibility index (Phi) is 11.8. The number of hydrogen-bond acceptors (Lipinski definition) is 7. The summed E-state index contributed by atoms with van der Waals surface area (Å²) in [6.07, 6.45) is 5.84. The second-order valence-corrected chi connectivity index (χ2v) is 11.4. The average molecular weight is 616 g/mol. The molecule has 0 atom stereocenters. The van der Waals surface area contributed by atoms with Crippen molar-refractivity contribution in [2.45, 2.75) is 48.4 Å². The van der Waals surface area contributed by atoms with Gasteiger partial charge in [0, 0.05) is 18.2 Å². The van der Waals surface area contributed by atoms with Crippen LogP contribution in [0.2, 0.25) is 8.87 Å². The largest absolute Gasteiger partial charge is 0.508 e. The minimum atomic E-state index is -0.916. The van der Waals surface area contributed by atoms with E-state index in [0.29, 0.717) is 0 Å². The number of hydrogen-bond donors (Lipinski definition) is 5. The summed E-state index contributed by atoms with van der Waals surface area (Å²) in [5.41, 5.74) is -1.11. The van der Waals surface area contributed by atoms with Crippen LogP contribution in [-0.4, -0.2) is 46.7 Å². The fourth-order valence-corrected chi connectivity index (χ4v) is 7.06. The summed E-state index contributed by atoms with van der Waals surface area (Å²) < 4.78 is 8.58. The van der Waals surface area contributed by atoms with Gasteiger partial charge in [-0.3, -0.25) is 4.79 Å². The smallest absolute Gasteiger partial charge is 0.238 e. The third kappa shape index (κ3) is 7.23. The maximum atomic E-state index is 12.2. The molecule has 0 bridgehead atoms. The van der Waals surface area contributed by atoms with Gasteiger partial charge in [0.1, 0.15) is 34.0 Å². The zero-order valence-corrected chi connectivity index (χ0v) is 22.7. The molecule has 2 aromatic carbocycles. The summed E-state index contributed by atoms with van der Waals surface area (Å²) in [5.74, 6) is -2.66. The molecule has 0 saturated heterocycles. The van der Waals surface area contributed by atoms with Crippen molar-refractivity contribution >= 4 is 49.1 Å². The van der Waals surface area contributed by atoms with Gasteiger partial charge < -0.3 is 29.9 Å². The third-order valence-electron chi connectivity index (χ3n) is 4.58. The van der Waals surface area contributed by atoms with E-state index in [2.05, 4.69) is 13.8 Å². The number of unbranched alkanes of at least 4 members (excludes halogenated alkanes) is 2. The molecule has 1 heterocycles. The first-order valence-corrected chi connectivity index (χ1v) is 14.3. The number of rotatable bonds is 7. The van der Waals surface area contributed by atoms with Gasteiger partial charge >= 0.3 is 69.5 Å². The summed E-state index contributed by atoms with van der Waals surface area (Å²) in [5, 5.41) is 47.9. The Morgan fingerprint density at radius 2 is 1.44 bits per heavy atom. The standard InChI is InChI=1S/C15H10O7.2C4H9.BrH.Sn/c16-6-1-2-8(9(18)3-6)15-14(21)13(20)12-10(19)4-7(17)5-11(12)22-15;2*1-3-4-2;;/h1-5,16-19,21H;2*1,3-4H2,2H3;1H;. The number of benzene rings is 2. The van der Waals surface area contributed by atoms with Gasteiger partial charge in [0.05, 0.1) is 5.56 Å². The Hall–Kier alpha value is -2.07. The minimum absolute atomic E-state index is 0. The van der Waals surface area contributed by atoms with Crippen LogP contribution in [0.5, 0.6) is 28.7 Å². The van der Waals surface area contributed by atoms with Crippen molar-refractivity contribution in [1.82, 2.24) is 0 Å². The first-order chi connectivity index (χ1) is 14.8. The van der Waals surface area contributed by atoms with E-state index in [1.165, 1.54) is 37.8 Å². The molecule has 0 spiro atoms. The molecule has 3 rings (SSSR count). The van der Waals surface area contributed by atoms with E-state index in [-0.39, 0.29) is 71.9 Å². The summed E-state index contributed by atoms with van der Waals surface area (Å²) in [4.78, 5) is 12.2. The molecule has 174 valence electrons. The number of phenols is 4. The van der Waals surface area contributed by atoms with Crippen LogP contribution < -0.4 is 5.43 Å². The van der Waals surface area contributed by atoms with Crippen molar-refractivity contribution in [3.05, 3.63) is 40.6 Å². The van der Waals surface area contributed by atoms with Crippen molar-refractivity contribution in [3.8, 4) is 40.1 Å². The maximum absolute atomic E-state index is 12.2. The number of aromatic hydroxyl groups is 5. The molecular weight excluding hydrogens is 587 g/mol. The van der Waals surface area contributed by atoms with Crippen LogP contribution >= 0.6 is 17.0 Å². The summed E-state index contributed by atoms with van der Waals surface area (Å²) in [6, 6.07) is 5.53. The predicted octanol–water partition coefficient (Wildman–Crippen LogP) is 5.69. The second-order valence-electron chi connectivity index (χ2n) is 7.11. The van der Waals surface area contributed by atoms with Crippen LogP contribution in [0, 0.1) is 0 Å². The number of phenolic OH excluding ortho intramolecular Hbond substituents is 4. The Labute approximate surface area is 207 Å². The van der Waals surface area contributed by atoms with Crippen LogP contribution in [-0.2, 0) is 0 Å². The summed E-state index contributed by atoms with van der Waals surface area (Å²) >= 11 is 0.149. The zero-order chi connectivity index (χ0) is 23.0. The van der Waals surface area contributed by atoms with E-state index in [9.17, 15) is 30.3 Å². The Bertz CT molecular complexity index is 1080. The molecule has 0 unspecified atom stereocenters. The van der Waals surface area contributed by atoms with Gasteiger partial charge in [0.25, 0.3) is 0 Å². The molecule has 9 heteroatoms. The van der Waals surface area contributed by atoms with E-state index < -0.39 is 22.7 Å². The van der Waals surface area contributed by atoms with Crippen LogP contribution in [0.3, 0.4) is 0 Å². The molecule has 0 aliphatic carbocycles. The van der Waals surface area contributed by atoms with E-state index in [1.54, 1.807) is 8.87 Å². The van der Waals surface area contributed by atoms with Crippen molar-refractivity contribution < 1.29 is 29.9 Å². The van der Waals surface area contributed by atoms with Gasteiger partial charge in [-0.15, -0.1) is 17.0 Å². The Balaban J connectivity index is 0.000000440. The fraction of sp³-hybridized carbons (Fsp3) is 0.348. The average Bonchev–Trinajstić information content (AvgIpc) is 2.71. The van der Waals surface area contributed by atoms with Gasteiger partial charge in [-0.25, -0.2) is 0 Å². The molecule has 0 aliphatic rings. The number of fused-ring (bicyclic) bond motifs is 1. The summed E-state index contributed by atoms with van der Waals surface area (Å²) in [7, 11) is 0. The van der Waals surface area contributed by atoms with E-state index in [1.807, 2.05) is 0 Å². The topological polar surface area (TPSA) is 131 Å². The van der Waals surface area contributed by atoms with Crippen molar-refractivity contribution in [2.24, 2.45) is 0 Å². The fourth-order valence-electron chi connectivity index (χ4n) is 2.90. The van der Waals surface area contributed by atoms with Gasteiger partial charge in [-0.1, -0.05) is 0 Å². The van der Waals surface area contributed by atoms with Crippen LogP contribution in [0.25, 0.3) is 22.3 Å². The van der Waals surface area contributed by atoms with Crippen LogP contribution in [0.4, 0.5) is 0 Å². The molecule has 0 aliphatic heterocycles. The van der Waals surface area contributed by atoms with Crippen molar-refractivity contribution in [3.63, 3.8) is 0 Å². The van der Waals surface area contributed by atoms with Gasteiger partial charge in [-0.2, -0.15) is 0 Å². The molecule has 32 heavy (non-hydrogen) atoms. The third-order valence-corrected chi connectivity index (χ3v) is 8.61. The normalized spacial score (nSPS) is 10.3. The van der Waals surface area contributed by atoms with Crippen LogP contribution in [0.1, 0.15) is 39.5 Å². The SMILES string of the molecule is Br.CCC[CH2][Sn][CH2]CCC.O=c1c(O)c(-c2ccc(O)cc2O)oc2cc(O)cc(O)c12. The Morgan fingerprint density at radius 3 is 2.00 bits per heavy atom. The quantitative estimate of drug-likeness (QED) is 0.170. The predicted molar refractivity (Wildman–Crippen MR) is 132 cm³/mol. The molecule has 3 aromatic rings. The van der Waals surface area contributed by atoms with Gasteiger partial charge in [-0.05, 0) is 12.1 Å². The van der Waals surface area contributed by atoms with E-state index in [0.717, 1.165) is 18.2 Å². The molecule has 5 N–H and O–H groups in total. The second kappa shape index (κ2) is 13.5. The van der Waals surface area contributed by atoms with Gasteiger partial charge in [0.15, 0.2) is 5.76 Å². The van der Waals surface area contributed by atoms with Crippen molar-refractivity contribution in [2.75, 3.05) is 0 Å². The number of halogens is 1. The van der Waals surface area contributed by atoms with Crippen LogP contribution in [0.15, 0.2) is 39.5 Å². The van der Waals surface area contributed by atoms with E-state index >= 15 is 0 Å². The first kappa shape index (κ1) is 28.0. The minimum Gasteiger partial charge on any atom is -0.508 e. The molecule has 2 radical (unpaired) electrons. The molecule has 1 aromatic heterocycles. The zero-order valence-electron chi connectivity index (χ0n) is 18.1. The van der Waals surface area contributed by atoms with Crippen molar-refractivity contribution in [1.29, 1.82) is 0 Å². The first-order valence-electron chi connectivity index (χ1n) is 10.2. The summed E-state index contributed by atoms with van der Waals surface area (Å²) in [6.45, 7) is 4.58.